The lowest BCUT2D eigenvalue weighted by Gasteiger charge is -2.29. The average Bonchev–Trinajstić information content (AvgIpc) is 2.46. The molecule has 0 amide bonds. The largest absolute Gasteiger partial charge is 0.497 e. The fourth-order valence-electron chi connectivity index (χ4n) is 2.61. The van der Waals surface area contributed by atoms with E-state index in [4.69, 9.17) is 16.3 Å². The highest BCUT2D eigenvalue weighted by Gasteiger charge is 2.31. The minimum absolute atomic E-state index is 0.00630. The first-order chi connectivity index (χ1) is 9.61. The van der Waals surface area contributed by atoms with Gasteiger partial charge < -0.3 is 9.84 Å². The maximum Gasteiger partial charge on any atom is 0.337 e. The molecule has 102 valence electrons. The highest BCUT2D eigenvalue weighted by molar-refractivity contribution is 6.32. The van der Waals surface area contributed by atoms with Crippen molar-refractivity contribution in [1.82, 2.24) is 0 Å². The molecule has 0 saturated heterocycles. The zero-order chi connectivity index (χ0) is 14.3. The van der Waals surface area contributed by atoms with Gasteiger partial charge in [-0.1, -0.05) is 17.7 Å². The monoisotopic (exact) mass is 289 g/mol. The summed E-state index contributed by atoms with van der Waals surface area (Å²) in [5.41, 5.74) is 1.39. The summed E-state index contributed by atoms with van der Waals surface area (Å²) in [4.78, 5) is 15.6. The molecule has 2 unspecified atom stereocenters. The van der Waals surface area contributed by atoms with E-state index in [1.54, 1.807) is 19.4 Å². The average molecular weight is 290 g/mol. The highest BCUT2D eigenvalue weighted by atomic mass is 35.5. The Hall–Kier alpha value is -2.07. The molecule has 0 spiro atoms. The predicted molar refractivity (Wildman–Crippen MR) is 77.0 cm³/mol. The number of methoxy groups -OCH3 is 1. The van der Waals surface area contributed by atoms with Gasteiger partial charge in [0.2, 0.25) is 0 Å². The second kappa shape index (κ2) is 4.80. The van der Waals surface area contributed by atoms with E-state index in [-0.39, 0.29) is 17.4 Å². The number of halogens is 1. The number of aliphatic imine (C=N–C) groups is 1. The van der Waals surface area contributed by atoms with Gasteiger partial charge in [-0.15, -0.1) is 0 Å². The topological polar surface area (TPSA) is 58.9 Å². The van der Waals surface area contributed by atoms with Gasteiger partial charge in [-0.25, -0.2) is 4.79 Å². The summed E-state index contributed by atoms with van der Waals surface area (Å²) in [6.45, 7) is 0. The maximum atomic E-state index is 11.3. The molecule has 2 atom stereocenters. The molecule has 0 fully saturated rings. The Morgan fingerprint density at radius 2 is 2.25 bits per heavy atom. The van der Waals surface area contributed by atoms with Crippen molar-refractivity contribution in [3.63, 3.8) is 0 Å². The van der Waals surface area contributed by atoms with Crippen LogP contribution in [0.25, 0.3) is 0 Å². The first-order valence-corrected chi connectivity index (χ1v) is 6.53. The molecular formula is C15H12ClNO3. The molecule has 0 radical (unpaired) electrons. The zero-order valence-corrected chi connectivity index (χ0v) is 11.5. The van der Waals surface area contributed by atoms with Gasteiger partial charge in [-0.2, -0.15) is 0 Å². The van der Waals surface area contributed by atoms with E-state index in [0.29, 0.717) is 10.7 Å². The summed E-state index contributed by atoms with van der Waals surface area (Å²) < 4.78 is 5.21. The van der Waals surface area contributed by atoms with Crippen LogP contribution >= 0.6 is 11.6 Å². The quantitative estimate of drug-likeness (QED) is 0.905. The van der Waals surface area contributed by atoms with E-state index in [0.717, 1.165) is 11.3 Å². The number of aromatic carboxylic acids is 1. The van der Waals surface area contributed by atoms with Crippen LogP contribution < -0.4 is 0 Å². The van der Waals surface area contributed by atoms with Crippen LogP contribution in [0, 0.1) is 5.92 Å². The number of rotatable bonds is 2. The van der Waals surface area contributed by atoms with E-state index in [2.05, 4.69) is 4.99 Å². The molecule has 0 aromatic heterocycles. The van der Waals surface area contributed by atoms with Crippen LogP contribution in [0.3, 0.4) is 0 Å². The van der Waals surface area contributed by atoms with Gasteiger partial charge >= 0.3 is 5.97 Å². The van der Waals surface area contributed by atoms with Gasteiger partial charge in [-0.05, 0) is 24.3 Å². The van der Waals surface area contributed by atoms with Crippen LogP contribution in [0.1, 0.15) is 21.8 Å². The fourth-order valence-corrected chi connectivity index (χ4v) is 2.89. The molecule has 3 rings (SSSR count). The summed E-state index contributed by atoms with van der Waals surface area (Å²) in [6.07, 6.45) is 7.55. The Kier molecular flexibility index (Phi) is 3.10. The van der Waals surface area contributed by atoms with E-state index in [9.17, 15) is 9.90 Å². The zero-order valence-electron chi connectivity index (χ0n) is 10.7. The van der Waals surface area contributed by atoms with Crippen molar-refractivity contribution >= 4 is 29.5 Å². The second-order valence-electron chi connectivity index (χ2n) is 4.68. The summed E-state index contributed by atoms with van der Waals surface area (Å²) in [5, 5.41) is 9.78. The summed E-state index contributed by atoms with van der Waals surface area (Å²) >= 11 is 6.26. The number of fused-ring (bicyclic) bond motifs is 3. The lowest BCUT2D eigenvalue weighted by atomic mass is 9.80. The summed E-state index contributed by atoms with van der Waals surface area (Å²) in [5.74, 6) is -0.203. The summed E-state index contributed by atoms with van der Waals surface area (Å²) in [7, 11) is 1.61. The highest BCUT2D eigenvalue weighted by Crippen LogP contribution is 2.45. The van der Waals surface area contributed by atoms with Crippen LogP contribution in [0.15, 0.2) is 41.1 Å². The fraction of sp³-hybridized carbons (Fsp3) is 0.200. The van der Waals surface area contributed by atoms with Crippen molar-refractivity contribution in [3.8, 4) is 0 Å². The third kappa shape index (κ3) is 1.93. The van der Waals surface area contributed by atoms with Gasteiger partial charge in [0, 0.05) is 28.6 Å². The van der Waals surface area contributed by atoms with Crippen LogP contribution in [-0.4, -0.2) is 24.4 Å². The minimum Gasteiger partial charge on any atom is -0.497 e. The first-order valence-electron chi connectivity index (χ1n) is 6.15. The molecule has 1 aromatic carbocycles. The summed E-state index contributed by atoms with van der Waals surface area (Å²) in [6, 6.07) is 3.11. The molecule has 5 heteroatoms. The van der Waals surface area contributed by atoms with Gasteiger partial charge in [0.1, 0.15) is 5.76 Å². The molecule has 0 bridgehead atoms. The van der Waals surface area contributed by atoms with E-state index in [1.165, 1.54) is 6.07 Å². The molecule has 4 nitrogen and oxygen atoms in total. The number of benzene rings is 1. The predicted octanol–water partition coefficient (Wildman–Crippen LogP) is 3.55. The Morgan fingerprint density at radius 3 is 2.95 bits per heavy atom. The van der Waals surface area contributed by atoms with Crippen molar-refractivity contribution < 1.29 is 14.6 Å². The SMILES string of the molecule is COC1=CC2C=Nc3c(C(=O)O)ccc(Cl)c3C2C=C1. The number of ether oxygens (including phenoxy) is 1. The molecule has 1 aliphatic carbocycles. The Morgan fingerprint density at radius 1 is 1.45 bits per heavy atom. The Balaban J connectivity index is 2.16. The number of nitrogens with zero attached hydrogens (tertiary/aromatic N) is 1. The van der Waals surface area contributed by atoms with Gasteiger partial charge in [0.15, 0.2) is 0 Å². The first kappa shape index (κ1) is 12.9. The van der Waals surface area contributed by atoms with Crippen molar-refractivity contribution in [2.24, 2.45) is 10.9 Å². The number of carboxylic acid groups (broad SMARTS) is 1. The number of carbonyl (C=O) groups is 1. The van der Waals surface area contributed by atoms with Crippen LogP contribution in [0.2, 0.25) is 5.02 Å². The molecule has 20 heavy (non-hydrogen) atoms. The molecule has 1 N–H and O–H groups in total. The number of carboxylic acids is 1. The normalized spacial score (nSPS) is 22.8. The van der Waals surface area contributed by atoms with Gasteiger partial charge in [0.05, 0.1) is 18.4 Å². The van der Waals surface area contributed by atoms with Gasteiger partial charge in [-0.3, -0.25) is 4.99 Å². The number of allylic oxidation sites excluding steroid dienone is 3. The third-order valence-electron chi connectivity index (χ3n) is 3.58. The molecular weight excluding hydrogens is 278 g/mol. The second-order valence-corrected chi connectivity index (χ2v) is 5.08. The van der Waals surface area contributed by atoms with Crippen LogP contribution in [-0.2, 0) is 4.74 Å². The molecule has 1 aromatic rings. The Bertz CT molecular complexity index is 676. The Labute approximate surface area is 121 Å². The molecule has 0 saturated carbocycles. The van der Waals surface area contributed by atoms with Crippen LogP contribution in [0.5, 0.6) is 0 Å². The molecule has 2 aliphatic rings. The maximum absolute atomic E-state index is 11.3. The standard InChI is InChI=1S/C15H12ClNO3/c1-20-9-2-3-10-8(6-9)7-17-14-11(15(18)19)4-5-12(16)13(10)14/h2-8,10H,1H3,(H,18,19). The van der Waals surface area contributed by atoms with Crippen LogP contribution in [0.4, 0.5) is 5.69 Å². The lowest BCUT2D eigenvalue weighted by molar-refractivity contribution is 0.0697. The third-order valence-corrected chi connectivity index (χ3v) is 3.91. The number of hydrogen-bond acceptors (Lipinski definition) is 3. The number of hydrogen-bond donors (Lipinski definition) is 1. The van der Waals surface area contributed by atoms with E-state index >= 15 is 0 Å². The van der Waals surface area contributed by atoms with Crippen molar-refractivity contribution in [2.45, 2.75) is 5.92 Å². The smallest absolute Gasteiger partial charge is 0.337 e. The minimum atomic E-state index is -0.999. The molecule has 1 aliphatic heterocycles. The van der Waals surface area contributed by atoms with Crippen molar-refractivity contribution in [1.29, 1.82) is 0 Å². The van der Waals surface area contributed by atoms with E-state index < -0.39 is 5.97 Å². The van der Waals surface area contributed by atoms with Gasteiger partial charge in [0.25, 0.3) is 0 Å². The van der Waals surface area contributed by atoms with Crippen molar-refractivity contribution in [2.75, 3.05) is 7.11 Å². The van der Waals surface area contributed by atoms with E-state index in [1.807, 2.05) is 18.2 Å². The van der Waals surface area contributed by atoms with Crippen molar-refractivity contribution in [3.05, 3.63) is 52.3 Å². The lowest BCUT2D eigenvalue weighted by Crippen LogP contribution is -2.19. The molecule has 1 heterocycles.